The summed E-state index contributed by atoms with van der Waals surface area (Å²) in [7, 11) is 0. The molecular formula is C19H28ClN3O. The normalized spacial score (nSPS) is 24.2. The molecule has 2 fully saturated rings. The van der Waals surface area contributed by atoms with E-state index in [0.717, 1.165) is 57.0 Å². The molecule has 1 aromatic carbocycles. The number of carbonyl (C=O) groups is 1. The van der Waals surface area contributed by atoms with Gasteiger partial charge in [0, 0.05) is 49.5 Å². The molecule has 0 aromatic heterocycles. The largest absolute Gasteiger partial charge is 0.369 e. The van der Waals surface area contributed by atoms with Crippen molar-refractivity contribution in [2.24, 2.45) is 5.41 Å². The van der Waals surface area contributed by atoms with E-state index in [0.29, 0.717) is 6.04 Å². The van der Waals surface area contributed by atoms with E-state index in [4.69, 9.17) is 11.6 Å². The van der Waals surface area contributed by atoms with E-state index < -0.39 is 0 Å². The van der Waals surface area contributed by atoms with Crippen molar-refractivity contribution < 1.29 is 4.79 Å². The zero-order valence-electron chi connectivity index (χ0n) is 14.7. The van der Waals surface area contributed by atoms with Crippen molar-refractivity contribution in [1.82, 2.24) is 10.2 Å². The number of nitrogens with zero attached hydrogens (tertiary/aromatic N) is 2. The molecule has 2 heterocycles. The summed E-state index contributed by atoms with van der Waals surface area (Å²) in [6.07, 6.45) is 2.86. The molecule has 0 spiro atoms. The molecule has 1 N–H and O–H groups in total. The Hall–Kier alpha value is -1.26. The van der Waals surface area contributed by atoms with Gasteiger partial charge in [-0.05, 0) is 37.5 Å². The zero-order valence-corrected chi connectivity index (χ0v) is 15.5. The van der Waals surface area contributed by atoms with E-state index in [9.17, 15) is 4.79 Å². The lowest BCUT2D eigenvalue weighted by atomic mass is 9.79. The molecule has 3 rings (SSSR count). The van der Waals surface area contributed by atoms with Crippen LogP contribution in [0.1, 0.15) is 33.1 Å². The second-order valence-electron chi connectivity index (χ2n) is 7.13. The van der Waals surface area contributed by atoms with E-state index in [1.165, 1.54) is 5.69 Å². The minimum atomic E-state index is -0.132. The van der Waals surface area contributed by atoms with Gasteiger partial charge in [-0.15, -0.1) is 0 Å². The summed E-state index contributed by atoms with van der Waals surface area (Å²) in [5.41, 5.74) is 1.07. The van der Waals surface area contributed by atoms with Gasteiger partial charge in [0.2, 0.25) is 5.91 Å². The lowest BCUT2D eigenvalue weighted by Crippen LogP contribution is -2.50. The number of hydrogen-bond donors (Lipinski definition) is 1. The van der Waals surface area contributed by atoms with Crippen LogP contribution in [-0.4, -0.2) is 49.6 Å². The first-order chi connectivity index (χ1) is 11.6. The second-order valence-corrected chi connectivity index (χ2v) is 7.57. The zero-order chi connectivity index (χ0) is 17.2. The molecule has 0 unspecified atom stereocenters. The molecule has 132 valence electrons. The number of hydrogen-bond acceptors (Lipinski definition) is 3. The van der Waals surface area contributed by atoms with Gasteiger partial charge in [-0.25, -0.2) is 0 Å². The van der Waals surface area contributed by atoms with E-state index in [-0.39, 0.29) is 11.3 Å². The molecule has 0 bridgehead atoms. The highest BCUT2D eigenvalue weighted by atomic mass is 35.5. The molecule has 1 amide bonds. The Kier molecular flexibility index (Phi) is 5.36. The lowest BCUT2D eigenvalue weighted by Gasteiger charge is -2.37. The van der Waals surface area contributed by atoms with Crippen LogP contribution in [0, 0.1) is 5.41 Å². The van der Waals surface area contributed by atoms with Crippen LogP contribution in [-0.2, 0) is 4.79 Å². The van der Waals surface area contributed by atoms with E-state index in [2.05, 4.69) is 35.0 Å². The third kappa shape index (κ3) is 3.55. The van der Waals surface area contributed by atoms with Crippen molar-refractivity contribution in [3.63, 3.8) is 0 Å². The lowest BCUT2D eigenvalue weighted by molar-refractivity contribution is -0.128. The molecule has 1 aromatic rings. The fourth-order valence-corrected chi connectivity index (χ4v) is 4.28. The van der Waals surface area contributed by atoms with Crippen LogP contribution in [0.15, 0.2) is 24.3 Å². The fraction of sp³-hybridized carbons (Fsp3) is 0.632. The van der Waals surface area contributed by atoms with Gasteiger partial charge >= 0.3 is 0 Å². The van der Waals surface area contributed by atoms with Crippen molar-refractivity contribution in [2.75, 3.05) is 37.6 Å². The molecule has 2 aliphatic heterocycles. The first-order valence-corrected chi connectivity index (χ1v) is 9.48. The fourth-order valence-electron chi connectivity index (χ4n) is 4.10. The van der Waals surface area contributed by atoms with Crippen LogP contribution in [0.3, 0.4) is 0 Å². The van der Waals surface area contributed by atoms with Crippen molar-refractivity contribution in [3.8, 4) is 0 Å². The number of benzene rings is 1. The van der Waals surface area contributed by atoms with Crippen LogP contribution in [0.2, 0.25) is 5.02 Å². The minimum Gasteiger partial charge on any atom is -0.369 e. The highest BCUT2D eigenvalue weighted by Crippen LogP contribution is 2.37. The number of amides is 1. The number of nitrogens with one attached hydrogen (secondary N) is 1. The Labute approximate surface area is 150 Å². The molecule has 4 nitrogen and oxygen atoms in total. The topological polar surface area (TPSA) is 35.6 Å². The molecular weight excluding hydrogens is 322 g/mol. The Morgan fingerprint density at radius 2 is 1.92 bits per heavy atom. The van der Waals surface area contributed by atoms with Crippen molar-refractivity contribution in [2.45, 2.75) is 39.2 Å². The molecule has 0 radical (unpaired) electrons. The number of halogens is 1. The van der Waals surface area contributed by atoms with Crippen LogP contribution >= 0.6 is 11.6 Å². The summed E-state index contributed by atoms with van der Waals surface area (Å²) in [6, 6.07) is 8.38. The number of piperazine rings is 1. The smallest absolute Gasteiger partial charge is 0.226 e. The molecule has 0 aliphatic carbocycles. The molecule has 5 heteroatoms. The molecule has 24 heavy (non-hydrogen) atoms. The monoisotopic (exact) mass is 349 g/mol. The van der Waals surface area contributed by atoms with Gasteiger partial charge in [-0.1, -0.05) is 31.5 Å². The van der Waals surface area contributed by atoms with Crippen molar-refractivity contribution in [3.05, 3.63) is 29.3 Å². The van der Waals surface area contributed by atoms with Gasteiger partial charge in [-0.2, -0.15) is 0 Å². The van der Waals surface area contributed by atoms with Gasteiger partial charge in [0.05, 0.1) is 5.41 Å². The van der Waals surface area contributed by atoms with Gasteiger partial charge in [0.1, 0.15) is 0 Å². The Morgan fingerprint density at radius 1 is 1.21 bits per heavy atom. The third-order valence-electron chi connectivity index (χ3n) is 5.83. The quantitative estimate of drug-likeness (QED) is 0.887. The SMILES string of the molecule is CCC1(CC)C[C@H](CN2CCN(c3cccc(Cl)c3)CC2)NC1=O. The highest BCUT2D eigenvalue weighted by molar-refractivity contribution is 6.30. The Bertz CT molecular complexity index is 580. The molecule has 0 saturated carbocycles. The summed E-state index contributed by atoms with van der Waals surface area (Å²) in [6.45, 7) is 9.32. The predicted molar refractivity (Wildman–Crippen MR) is 99.7 cm³/mol. The van der Waals surface area contributed by atoms with Crippen LogP contribution in [0.25, 0.3) is 0 Å². The van der Waals surface area contributed by atoms with E-state index in [1.807, 2.05) is 18.2 Å². The van der Waals surface area contributed by atoms with E-state index in [1.54, 1.807) is 0 Å². The third-order valence-corrected chi connectivity index (χ3v) is 6.07. The van der Waals surface area contributed by atoms with Gasteiger partial charge in [-0.3, -0.25) is 9.69 Å². The van der Waals surface area contributed by atoms with Crippen LogP contribution in [0.5, 0.6) is 0 Å². The van der Waals surface area contributed by atoms with Gasteiger partial charge in [0.15, 0.2) is 0 Å². The van der Waals surface area contributed by atoms with Crippen LogP contribution in [0.4, 0.5) is 5.69 Å². The van der Waals surface area contributed by atoms with Crippen molar-refractivity contribution in [1.29, 1.82) is 0 Å². The summed E-state index contributed by atoms with van der Waals surface area (Å²) >= 11 is 6.10. The maximum absolute atomic E-state index is 12.3. The standard InChI is InChI=1S/C19H28ClN3O/c1-3-19(4-2)13-16(21-18(19)24)14-22-8-10-23(11-9-22)17-7-5-6-15(20)12-17/h5-7,12,16H,3-4,8-11,13-14H2,1-2H3,(H,21,24)/t16-/m1/s1. The second kappa shape index (κ2) is 7.32. The first-order valence-electron chi connectivity index (χ1n) is 9.10. The number of rotatable bonds is 5. The van der Waals surface area contributed by atoms with Gasteiger partial charge in [0.25, 0.3) is 0 Å². The molecule has 1 atom stereocenters. The maximum atomic E-state index is 12.3. The van der Waals surface area contributed by atoms with Crippen LogP contribution < -0.4 is 10.2 Å². The Balaban J connectivity index is 1.52. The van der Waals surface area contributed by atoms with Gasteiger partial charge < -0.3 is 10.2 Å². The maximum Gasteiger partial charge on any atom is 0.226 e. The minimum absolute atomic E-state index is 0.132. The summed E-state index contributed by atoms with van der Waals surface area (Å²) in [5, 5.41) is 4.02. The summed E-state index contributed by atoms with van der Waals surface area (Å²) in [4.78, 5) is 17.2. The Morgan fingerprint density at radius 3 is 2.50 bits per heavy atom. The average molecular weight is 350 g/mol. The molecule has 2 saturated heterocycles. The highest BCUT2D eigenvalue weighted by Gasteiger charge is 2.44. The summed E-state index contributed by atoms with van der Waals surface area (Å²) in [5.74, 6) is 0.259. The average Bonchev–Trinajstić information content (AvgIpc) is 2.91. The van der Waals surface area contributed by atoms with Crippen molar-refractivity contribution >= 4 is 23.2 Å². The summed E-state index contributed by atoms with van der Waals surface area (Å²) < 4.78 is 0. The predicted octanol–water partition coefficient (Wildman–Crippen LogP) is 3.16. The first kappa shape index (κ1) is 17.6. The number of anilines is 1. The number of carbonyl (C=O) groups excluding carboxylic acids is 1. The molecule has 2 aliphatic rings. The van der Waals surface area contributed by atoms with E-state index >= 15 is 0 Å².